The molecule has 0 bridgehead atoms. The molecule has 2 unspecified atom stereocenters. The van der Waals surface area contributed by atoms with E-state index in [1.807, 2.05) is 30.3 Å². The van der Waals surface area contributed by atoms with Crippen LogP contribution in [0.15, 0.2) is 54.6 Å². The molecule has 8 heteroatoms. The van der Waals surface area contributed by atoms with E-state index in [1.165, 1.54) is 0 Å². The van der Waals surface area contributed by atoms with Crippen molar-refractivity contribution in [3.8, 4) is 0 Å². The molecule has 1 fully saturated rings. The first-order valence-electron chi connectivity index (χ1n) is 8.82. The lowest BCUT2D eigenvalue weighted by Gasteiger charge is -2.20. The van der Waals surface area contributed by atoms with Crippen molar-refractivity contribution in [3.63, 3.8) is 0 Å². The quantitative estimate of drug-likeness (QED) is 0.603. The number of carbonyl (C=O) groups is 1. The highest BCUT2D eigenvalue weighted by atomic mass is 32.2. The molecule has 1 aliphatic heterocycles. The normalized spacial score (nSPS) is 22.4. The molecule has 2 atom stereocenters. The van der Waals surface area contributed by atoms with Crippen molar-refractivity contribution in [1.29, 1.82) is 0 Å². The zero-order valence-corrected chi connectivity index (χ0v) is 16.1. The Labute approximate surface area is 159 Å². The van der Waals surface area contributed by atoms with Crippen molar-refractivity contribution in [2.45, 2.75) is 37.7 Å². The number of anilines is 1. The predicted octanol–water partition coefficient (Wildman–Crippen LogP) is 1.61. The number of para-hydroxylation sites is 1. The fraction of sp³-hybridized carbons (Fsp3) is 0.316. The van der Waals surface area contributed by atoms with E-state index < -0.39 is 15.3 Å². The van der Waals surface area contributed by atoms with Gasteiger partial charge in [0.25, 0.3) is 5.91 Å². The van der Waals surface area contributed by atoms with Gasteiger partial charge < -0.3 is 5.32 Å². The van der Waals surface area contributed by atoms with Gasteiger partial charge in [0, 0.05) is 18.6 Å². The van der Waals surface area contributed by atoms with Gasteiger partial charge in [0.15, 0.2) is 0 Å². The van der Waals surface area contributed by atoms with Gasteiger partial charge in [-0.2, -0.15) is 0 Å². The molecule has 1 aliphatic rings. The summed E-state index contributed by atoms with van der Waals surface area (Å²) in [6.45, 7) is 3.98. The van der Waals surface area contributed by atoms with Crippen LogP contribution >= 0.6 is 0 Å². The molecule has 7 nitrogen and oxygen atoms in total. The third-order valence-corrected chi connectivity index (χ3v) is 6.64. The minimum atomic E-state index is -3.69. The number of hydrogen-bond donors (Lipinski definition) is 4. The molecule has 0 radical (unpaired) electrons. The average molecular weight is 388 g/mol. The minimum Gasteiger partial charge on any atom is -0.348 e. The second kappa shape index (κ2) is 8.08. The number of nitrogens with one attached hydrogen (secondary N) is 4. The summed E-state index contributed by atoms with van der Waals surface area (Å²) in [5.41, 5.74) is 7.41. The molecule has 0 saturated carbocycles. The average Bonchev–Trinajstić information content (AvgIpc) is 3.00. The molecular formula is C19H24N4O3S. The summed E-state index contributed by atoms with van der Waals surface area (Å²) < 4.78 is 28.3. The summed E-state index contributed by atoms with van der Waals surface area (Å²) in [5, 5.41) is 2.18. The van der Waals surface area contributed by atoms with Crippen molar-refractivity contribution in [2.24, 2.45) is 0 Å². The van der Waals surface area contributed by atoms with Crippen molar-refractivity contribution >= 4 is 21.6 Å². The van der Waals surface area contributed by atoms with E-state index in [-0.39, 0.29) is 29.2 Å². The number of hydrazine groups is 1. The molecule has 27 heavy (non-hydrogen) atoms. The van der Waals surface area contributed by atoms with Gasteiger partial charge >= 0.3 is 0 Å². The minimum absolute atomic E-state index is 0.253. The zero-order chi connectivity index (χ0) is 19.4. The van der Waals surface area contributed by atoms with E-state index in [1.54, 1.807) is 38.1 Å². The lowest BCUT2D eigenvalue weighted by atomic mass is 10.1. The molecule has 1 heterocycles. The highest BCUT2D eigenvalue weighted by Crippen LogP contribution is 2.22. The van der Waals surface area contributed by atoms with Crippen LogP contribution in [0.4, 0.5) is 5.69 Å². The topological polar surface area (TPSA) is 99.3 Å². The van der Waals surface area contributed by atoms with Crippen molar-refractivity contribution in [1.82, 2.24) is 16.2 Å². The highest BCUT2D eigenvalue weighted by Gasteiger charge is 2.40. The number of sulfonamides is 1. The maximum absolute atomic E-state index is 12.9. The van der Waals surface area contributed by atoms with Gasteiger partial charge in [0.1, 0.15) is 5.25 Å². The maximum atomic E-state index is 12.9. The van der Waals surface area contributed by atoms with Gasteiger partial charge in [0.2, 0.25) is 10.0 Å². The zero-order valence-electron chi connectivity index (χ0n) is 15.3. The van der Waals surface area contributed by atoms with Gasteiger partial charge in [-0.1, -0.05) is 42.5 Å². The monoisotopic (exact) mass is 388 g/mol. The molecular weight excluding hydrogens is 364 g/mol. The molecule has 2 aromatic rings. The molecule has 0 spiro atoms. The molecule has 0 aromatic heterocycles. The molecule has 4 N–H and O–H groups in total. The Bertz CT molecular complexity index is 892. The Kier molecular flexibility index (Phi) is 5.79. The van der Waals surface area contributed by atoms with Gasteiger partial charge in [-0.25, -0.2) is 8.42 Å². The van der Waals surface area contributed by atoms with Crippen LogP contribution in [-0.2, 0) is 16.6 Å². The molecule has 1 saturated heterocycles. The Morgan fingerprint density at radius 2 is 1.56 bits per heavy atom. The maximum Gasteiger partial charge on any atom is 0.253 e. The van der Waals surface area contributed by atoms with Crippen LogP contribution in [0.2, 0.25) is 0 Å². The Morgan fingerprint density at radius 3 is 2.22 bits per heavy atom. The smallest absolute Gasteiger partial charge is 0.253 e. The Balaban J connectivity index is 1.76. The van der Waals surface area contributed by atoms with Crippen LogP contribution in [-0.4, -0.2) is 31.7 Å². The fourth-order valence-corrected chi connectivity index (χ4v) is 5.09. The van der Waals surface area contributed by atoms with E-state index in [4.69, 9.17) is 0 Å². The van der Waals surface area contributed by atoms with Crippen molar-refractivity contribution < 1.29 is 13.2 Å². The molecule has 1 amide bonds. The molecule has 144 valence electrons. The number of carbonyl (C=O) groups excluding carboxylic acids is 1. The first-order chi connectivity index (χ1) is 12.9. The molecule has 3 rings (SSSR count). The van der Waals surface area contributed by atoms with Crippen LogP contribution in [0, 0.1) is 0 Å². The lowest BCUT2D eigenvalue weighted by molar-refractivity contribution is 0.0952. The first kappa shape index (κ1) is 19.3. The van der Waals surface area contributed by atoms with Gasteiger partial charge in [-0.05, 0) is 31.5 Å². The van der Waals surface area contributed by atoms with Gasteiger partial charge in [-0.15, -0.1) is 0 Å². The van der Waals surface area contributed by atoms with Crippen LogP contribution in [0.3, 0.4) is 0 Å². The lowest BCUT2D eigenvalue weighted by Crippen LogP contribution is -2.41. The van der Waals surface area contributed by atoms with Crippen molar-refractivity contribution in [2.75, 3.05) is 4.72 Å². The predicted molar refractivity (Wildman–Crippen MR) is 106 cm³/mol. The third-order valence-electron chi connectivity index (χ3n) is 4.60. The first-order valence-corrected chi connectivity index (χ1v) is 10.4. The third kappa shape index (κ3) is 4.47. The van der Waals surface area contributed by atoms with E-state index in [2.05, 4.69) is 20.9 Å². The van der Waals surface area contributed by atoms with Crippen LogP contribution in [0.5, 0.6) is 0 Å². The Morgan fingerprint density at radius 1 is 0.963 bits per heavy atom. The number of rotatable bonds is 6. The summed E-state index contributed by atoms with van der Waals surface area (Å²) in [6.07, 6.45) is 0. The Hall–Kier alpha value is -2.42. The standard InChI is InChI=1S/C19H24N4O3S/c1-13-18(14(2)22-21-13)27(25,26)23-17-11-7-6-10-16(17)19(24)20-12-15-8-4-3-5-9-15/h3-11,13-14,18,21-23H,12H2,1-2H3,(H,20,24). The molecule has 2 aromatic carbocycles. The molecule has 0 aliphatic carbocycles. The number of amides is 1. The van der Waals surface area contributed by atoms with Gasteiger partial charge in [-0.3, -0.25) is 20.4 Å². The van der Waals surface area contributed by atoms with Crippen molar-refractivity contribution in [3.05, 3.63) is 65.7 Å². The SMILES string of the molecule is CC1NNC(C)C1S(=O)(=O)Nc1ccccc1C(=O)NCc1ccccc1. The number of hydrogen-bond acceptors (Lipinski definition) is 5. The summed E-state index contributed by atoms with van der Waals surface area (Å²) in [7, 11) is -3.69. The van der Waals surface area contributed by atoms with Gasteiger partial charge in [0.05, 0.1) is 11.3 Å². The van der Waals surface area contributed by atoms with Crippen LogP contribution < -0.4 is 20.9 Å². The summed E-state index contributed by atoms with van der Waals surface area (Å²) >= 11 is 0. The van der Waals surface area contributed by atoms with Crippen LogP contribution in [0.25, 0.3) is 0 Å². The summed E-state index contributed by atoms with van der Waals surface area (Å²) in [6, 6.07) is 15.6. The second-order valence-electron chi connectivity index (χ2n) is 6.69. The van der Waals surface area contributed by atoms with E-state index in [0.29, 0.717) is 6.54 Å². The van der Waals surface area contributed by atoms with E-state index in [0.717, 1.165) is 5.56 Å². The second-order valence-corrected chi connectivity index (χ2v) is 8.53. The van der Waals surface area contributed by atoms with E-state index in [9.17, 15) is 13.2 Å². The largest absolute Gasteiger partial charge is 0.348 e. The van der Waals surface area contributed by atoms with Crippen LogP contribution in [0.1, 0.15) is 29.8 Å². The fourth-order valence-electron chi connectivity index (χ4n) is 3.26. The summed E-state index contributed by atoms with van der Waals surface area (Å²) in [4.78, 5) is 12.6. The highest BCUT2D eigenvalue weighted by molar-refractivity contribution is 7.93. The summed E-state index contributed by atoms with van der Waals surface area (Å²) in [5.74, 6) is -0.332. The number of benzene rings is 2. The van der Waals surface area contributed by atoms with E-state index >= 15 is 0 Å².